The summed E-state index contributed by atoms with van der Waals surface area (Å²) in [4.78, 5) is 23.1. The summed E-state index contributed by atoms with van der Waals surface area (Å²) in [6.07, 6.45) is 3.49. The monoisotopic (exact) mass is 622 g/mol. The van der Waals surface area contributed by atoms with Crippen molar-refractivity contribution in [1.82, 2.24) is 10.6 Å². The molecule has 2 aliphatic heterocycles. The molecule has 8 nitrogen and oxygen atoms in total. The Kier molecular flexibility index (Phi) is 11.8. The average molecular weight is 623 g/mol. The quantitative estimate of drug-likeness (QED) is 0.195. The van der Waals surface area contributed by atoms with E-state index in [1.807, 2.05) is 84.9 Å². The molecule has 2 aliphatic rings. The molecule has 4 atom stereocenters. The molecule has 2 N–H and O–H groups in total. The zero-order valence-electron chi connectivity index (χ0n) is 26.4. The molecular formula is C38H42N2O6. The van der Waals surface area contributed by atoms with Crippen LogP contribution in [0.1, 0.15) is 60.0 Å². The Balaban J connectivity index is 0.000000181. The van der Waals surface area contributed by atoms with Crippen LogP contribution in [0.5, 0.6) is 11.5 Å². The topological polar surface area (TPSA) is 95.1 Å². The van der Waals surface area contributed by atoms with Gasteiger partial charge in [0.1, 0.15) is 36.8 Å². The van der Waals surface area contributed by atoms with Gasteiger partial charge in [0.2, 0.25) is 0 Å². The third-order valence-corrected chi connectivity index (χ3v) is 8.33. The van der Waals surface area contributed by atoms with E-state index in [1.165, 1.54) is 25.3 Å². The van der Waals surface area contributed by atoms with E-state index in [-0.39, 0.29) is 36.1 Å². The van der Waals surface area contributed by atoms with Gasteiger partial charge in [-0.2, -0.15) is 0 Å². The Morgan fingerprint density at radius 1 is 0.543 bits per heavy atom. The summed E-state index contributed by atoms with van der Waals surface area (Å²) in [5.74, 6) is 1.32. The summed E-state index contributed by atoms with van der Waals surface area (Å²) < 4.78 is 21.2. The summed E-state index contributed by atoms with van der Waals surface area (Å²) in [5.41, 5.74) is 4.64. The van der Waals surface area contributed by atoms with Crippen molar-refractivity contribution in [3.05, 3.63) is 131 Å². The summed E-state index contributed by atoms with van der Waals surface area (Å²) in [6, 6.07) is 36.3. The molecule has 0 radical (unpaired) electrons. The third-order valence-electron chi connectivity index (χ3n) is 8.33. The van der Waals surface area contributed by atoms with Crippen LogP contribution in [0.3, 0.4) is 0 Å². The lowest BCUT2D eigenvalue weighted by Crippen LogP contribution is -2.33. The average Bonchev–Trinajstić information content (AvgIpc) is 3.82. The van der Waals surface area contributed by atoms with Gasteiger partial charge in [-0.1, -0.05) is 84.9 Å². The zero-order valence-corrected chi connectivity index (χ0v) is 26.4. The summed E-state index contributed by atoms with van der Waals surface area (Å²) >= 11 is 0. The van der Waals surface area contributed by atoms with Crippen LogP contribution in [-0.4, -0.2) is 38.2 Å². The van der Waals surface area contributed by atoms with E-state index in [1.54, 1.807) is 0 Å². The van der Waals surface area contributed by atoms with Gasteiger partial charge in [-0.3, -0.25) is 20.2 Å². The van der Waals surface area contributed by atoms with Crippen molar-refractivity contribution in [2.75, 3.05) is 14.2 Å². The molecule has 4 aromatic rings. The van der Waals surface area contributed by atoms with Crippen molar-refractivity contribution >= 4 is 11.9 Å². The highest BCUT2D eigenvalue weighted by Gasteiger charge is 2.31. The third kappa shape index (κ3) is 9.19. The van der Waals surface area contributed by atoms with Gasteiger partial charge >= 0.3 is 11.9 Å². The molecule has 2 fully saturated rings. The lowest BCUT2D eigenvalue weighted by Gasteiger charge is -2.14. The predicted molar refractivity (Wildman–Crippen MR) is 176 cm³/mol. The second-order valence-electron chi connectivity index (χ2n) is 11.4. The molecule has 0 saturated carbocycles. The largest absolute Gasteiger partial charge is 0.489 e. The summed E-state index contributed by atoms with van der Waals surface area (Å²) in [5, 5.41) is 6.64. The van der Waals surface area contributed by atoms with E-state index in [0.29, 0.717) is 13.2 Å². The van der Waals surface area contributed by atoms with Gasteiger partial charge in [-0.15, -0.1) is 0 Å². The van der Waals surface area contributed by atoms with Gasteiger partial charge in [0, 0.05) is 12.1 Å². The number of ether oxygens (including phenoxy) is 4. The minimum atomic E-state index is -0.195. The highest BCUT2D eigenvalue weighted by Crippen LogP contribution is 2.29. The molecule has 0 unspecified atom stereocenters. The molecule has 0 spiro atoms. The first kappa shape index (κ1) is 32.7. The van der Waals surface area contributed by atoms with E-state index in [9.17, 15) is 9.59 Å². The smallest absolute Gasteiger partial charge is 0.322 e. The first-order chi connectivity index (χ1) is 22.5. The molecule has 6 rings (SSSR count). The highest BCUT2D eigenvalue weighted by molar-refractivity contribution is 5.76. The van der Waals surface area contributed by atoms with E-state index < -0.39 is 0 Å². The van der Waals surface area contributed by atoms with Crippen molar-refractivity contribution in [1.29, 1.82) is 0 Å². The van der Waals surface area contributed by atoms with Crippen LogP contribution in [0.4, 0.5) is 0 Å². The van der Waals surface area contributed by atoms with Gasteiger partial charge in [0.15, 0.2) is 0 Å². The molecule has 8 heteroatoms. The van der Waals surface area contributed by atoms with Crippen LogP contribution in [0.25, 0.3) is 0 Å². The normalized spacial score (nSPS) is 20.2. The van der Waals surface area contributed by atoms with Crippen LogP contribution in [0, 0.1) is 0 Å². The molecule has 240 valence electrons. The molecule has 4 aromatic carbocycles. The summed E-state index contributed by atoms with van der Waals surface area (Å²) in [6.45, 7) is 1.12. The minimum absolute atomic E-state index is 0.185. The van der Waals surface area contributed by atoms with E-state index >= 15 is 0 Å². The molecule has 2 heterocycles. The van der Waals surface area contributed by atoms with E-state index in [0.717, 1.165) is 48.3 Å². The van der Waals surface area contributed by atoms with E-state index in [2.05, 4.69) is 34.9 Å². The first-order valence-electron chi connectivity index (χ1n) is 15.7. The number of carbonyl (C=O) groups is 2. The fourth-order valence-corrected chi connectivity index (χ4v) is 5.74. The van der Waals surface area contributed by atoms with Gasteiger partial charge in [0.25, 0.3) is 0 Å². The highest BCUT2D eigenvalue weighted by atomic mass is 16.5. The Hall–Kier alpha value is -4.66. The van der Waals surface area contributed by atoms with Crippen LogP contribution in [0.2, 0.25) is 0 Å². The molecule has 0 aromatic heterocycles. The van der Waals surface area contributed by atoms with Gasteiger partial charge in [-0.05, 0) is 72.2 Å². The first-order valence-corrected chi connectivity index (χ1v) is 15.7. The Morgan fingerprint density at radius 2 is 0.913 bits per heavy atom. The van der Waals surface area contributed by atoms with Crippen LogP contribution in [-0.2, 0) is 32.3 Å². The van der Waals surface area contributed by atoms with Gasteiger partial charge in [-0.25, -0.2) is 0 Å². The fourth-order valence-electron chi connectivity index (χ4n) is 5.74. The van der Waals surface area contributed by atoms with Crippen molar-refractivity contribution in [3.8, 4) is 11.5 Å². The van der Waals surface area contributed by atoms with Crippen LogP contribution >= 0.6 is 0 Å². The van der Waals surface area contributed by atoms with Gasteiger partial charge in [0.05, 0.1) is 14.2 Å². The number of benzene rings is 4. The second-order valence-corrected chi connectivity index (χ2v) is 11.4. The molecule has 0 amide bonds. The standard InChI is InChI=1S/2C19H21NO3/c2*1-22-19(21)18-12-11-17(20-18)15-7-9-16(10-8-15)23-13-14-5-3-2-4-6-14/h2*2-10,17-18,20H,11-13H2,1H3/t17-,18+;17-,18-/m10/s1. The number of methoxy groups -OCH3 is 2. The van der Waals surface area contributed by atoms with Crippen molar-refractivity contribution in [3.63, 3.8) is 0 Å². The predicted octanol–water partition coefficient (Wildman–Crippen LogP) is 6.46. The fraction of sp³-hybridized carbons (Fsp3) is 0.316. The van der Waals surface area contributed by atoms with E-state index in [4.69, 9.17) is 18.9 Å². The number of hydrogen-bond acceptors (Lipinski definition) is 8. The van der Waals surface area contributed by atoms with Crippen molar-refractivity contribution in [2.24, 2.45) is 0 Å². The number of rotatable bonds is 10. The molecule has 46 heavy (non-hydrogen) atoms. The summed E-state index contributed by atoms with van der Waals surface area (Å²) in [7, 11) is 2.85. The second kappa shape index (κ2) is 16.6. The SMILES string of the molecule is COC(=O)[C@@H]1CC[C@@H](c2ccc(OCc3ccccc3)cc2)N1.COC(=O)[C@@H]1CC[C@H](c2ccc(OCc3ccccc3)cc2)N1. The minimum Gasteiger partial charge on any atom is -0.489 e. The number of hydrogen-bond donors (Lipinski definition) is 2. The van der Waals surface area contributed by atoms with Crippen molar-refractivity contribution < 1.29 is 28.5 Å². The lowest BCUT2D eigenvalue weighted by atomic mass is 10.1. The maximum atomic E-state index is 11.6. The Bertz CT molecular complexity index is 1400. The van der Waals surface area contributed by atoms with Crippen molar-refractivity contribution in [2.45, 2.75) is 63.1 Å². The Labute approximate surface area is 271 Å². The number of nitrogens with one attached hydrogen (secondary N) is 2. The zero-order chi connectivity index (χ0) is 32.1. The Morgan fingerprint density at radius 3 is 1.26 bits per heavy atom. The molecule has 0 bridgehead atoms. The molecular weight excluding hydrogens is 580 g/mol. The van der Waals surface area contributed by atoms with Crippen LogP contribution in [0.15, 0.2) is 109 Å². The number of esters is 2. The van der Waals surface area contributed by atoms with Crippen LogP contribution < -0.4 is 20.1 Å². The maximum Gasteiger partial charge on any atom is 0.322 e. The number of carbonyl (C=O) groups excluding carboxylic acids is 2. The lowest BCUT2D eigenvalue weighted by molar-refractivity contribution is -0.143. The molecule has 0 aliphatic carbocycles. The molecule has 2 saturated heterocycles. The van der Waals surface area contributed by atoms with Gasteiger partial charge < -0.3 is 18.9 Å². The maximum absolute atomic E-state index is 11.6.